The van der Waals surface area contributed by atoms with E-state index in [1.165, 1.54) is 12.1 Å². The zero-order chi connectivity index (χ0) is 19.5. The summed E-state index contributed by atoms with van der Waals surface area (Å²) in [5.74, 6) is -0.298. The SMILES string of the molecule is O=C(c1ccc(-n2cccc2)cc1)N1CCN(C(=O)c2ccc(=O)[nH]n2)CC1. The largest absolute Gasteiger partial charge is 0.335 e. The standard InChI is InChI=1S/C20H19N5O3/c26-18-8-7-17(21-22-18)20(28)25-13-11-24(12-14-25)19(27)15-3-5-16(6-4-15)23-9-1-2-10-23/h1-10H,11-14H2,(H,22,26). The lowest BCUT2D eigenvalue weighted by atomic mass is 10.1. The minimum absolute atomic E-state index is 0.0479. The van der Waals surface area contributed by atoms with Gasteiger partial charge in [0.15, 0.2) is 0 Å². The normalized spacial score (nSPS) is 14.1. The number of nitrogens with one attached hydrogen (secondary N) is 1. The average Bonchev–Trinajstić information content (AvgIpc) is 3.28. The van der Waals surface area contributed by atoms with Crippen LogP contribution >= 0.6 is 0 Å². The van der Waals surface area contributed by atoms with Crippen LogP contribution in [0.15, 0.2) is 65.7 Å². The molecule has 0 saturated carbocycles. The van der Waals surface area contributed by atoms with Crippen molar-refractivity contribution in [3.63, 3.8) is 0 Å². The van der Waals surface area contributed by atoms with E-state index in [0.717, 1.165) is 5.69 Å². The highest BCUT2D eigenvalue weighted by atomic mass is 16.2. The molecule has 2 aromatic heterocycles. The number of benzene rings is 1. The molecule has 2 amide bonds. The highest BCUT2D eigenvalue weighted by molar-refractivity contribution is 5.95. The Morgan fingerprint density at radius 3 is 2.00 bits per heavy atom. The summed E-state index contributed by atoms with van der Waals surface area (Å²) in [6, 6.07) is 14.0. The van der Waals surface area contributed by atoms with Crippen LogP contribution in [0.2, 0.25) is 0 Å². The molecule has 4 rings (SSSR count). The maximum absolute atomic E-state index is 12.7. The second kappa shape index (κ2) is 7.51. The van der Waals surface area contributed by atoms with Crippen molar-refractivity contribution in [3.05, 3.63) is 82.5 Å². The lowest BCUT2D eigenvalue weighted by Crippen LogP contribution is -2.50. The number of carbonyl (C=O) groups is 2. The molecule has 0 spiro atoms. The number of amides is 2. The number of aromatic nitrogens is 3. The van der Waals surface area contributed by atoms with Gasteiger partial charge in [-0.25, -0.2) is 5.10 Å². The molecule has 8 heteroatoms. The number of piperazine rings is 1. The summed E-state index contributed by atoms with van der Waals surface area (Å²) < 4.78 is 1.98. The van der Waals surface area contributed by atoms with Crippen molar-refractivity contribution in [1.29, 1.82) is 0 Å². The molecular weight excluding hydrogens is 358 g/mol. The monoisotopic (exact) mass is 377 g/mol. The van der Waals surface area contributed by atoms with Crippen LogP contribution < -0.4 is 5.56 Å². The van der Waals surface area contributed by atoms with E-state index in [4.69, 9.17) is 0 Å². The van der Waals surface area contributed by atoms with Gasteiger partial charge in [-0.2, -0.15) is 5.10 Å². The van der Waals surface area contributed by atoms with Crippen molar-refractivity contribution in [3.8, 4) is 5.69 Å². The summed E-state index contributed by atoms with van der Waals surface area (Å²) >= 11 is 0. The van der Waals surface area contributed by atoms with Crippen LogP contribution in [-0.2, 0) is 0 Å². The van der Waals surface area contributed by atoms with Crippen LogP contribution in [0.5, 0.6) is 0 Å². The summed E-state index contributed by atoms with van der Waals surface area (Å²) in [6.07, 6.45) is 3.90. The van der Waals surface area contributed by atoms with Gasteiger partial charge in [0.25, 0.3) is 17.4 Å². The number of H-pyrrole nitrogens is 1. The van der Waals surface area contributed by atoms with E-state index in [-0.39, 0.29) is 23.1 Å². The molecule has 1 aliphatic rings. The third kappa shape index (κ3) is 3.57. The molecule has 0 aliphatic carbocycles. The molecule has 1 saturated heterocycles. The van der Waals surface area contributed by atoms with Gasteiger partial charge in [-0.1, -0.05) is 0 Å². The van der Waals surface area contributed by atoms with Crippen molar-refractivity contribution >= 4 is 11.8 Å². The molecule has 8 nitrogen and oxygen atoms in total. The minimum Gasteiger partial charge on any atom is -0.335 e. The summed E-state index contributed by atoms with van der Waals surface area (Å²) in [4.78, 5) is 39.6. The summed E-state index contributed by atoms with van der Waals surface area (Å²) in [5, 5.41) is 6.04. The van der Waals surface area contributed by atoms with E-state index in [0.29, 0.717) is 31.7 Å². The van der Waals surface area contributed by atoms with Gasteiger partial charge in [0, 0.05) is 55.9 Å². The van der Waals surface area contributed by atoms with Crippen LogP contribution in [0, 0.1) is 0 Å². The van der Waals surface area contributed by atoms with Crippen molar-refractivity contribution < 1.29 is 9.59 Å². The van der Waals surface area contributed by atoms with Gasteiger partial charge in [-0.05, 0) is 42.5 Å². The van der Waals surface area contributed by atoms with Crippen LogP contribution in [0.1, 0.15) is 20.8 Å². The number of nitrogens with zero attached hydrogens (tertiary/aromatic N) is 4. The van der Waals surface area contributed by atoms with Gasteiger partial charge in [-0.15, -0.1) is 0 Å². The number of hydrogen-bond acceptors (Lipinski definition) is 4. The van der Waals surface area contributed by atoms with E-state index in [9.17, 15) is 14.4 Å². The molecule has 28 heavy (non-hydrogen) atoms. The zero-order valence-electron chi connectivity index (χ0n) is 15.1. The predicted octanol–water partition coefficient (Wildman–Crippen LogP) is 1.16. The fraction of sp³-hybridized carbons (Fsp3) is 0.200. The molecule has 3 heterocycles. The minimum atomic E-state index is -0.352. The third-order valence-corrected chi connectivity index (χ3v) is 4.77. The third-order valence-electron chi connectivity index (χ3n) is 4.77. The van der Waals surface area contributed by atoms with Gasteiger partial charge < -0.3 is 14.4 Å². The van der Waals surface area contributed by atoms with Gasteiger partial charge in [-0.3, -0.25) is 14.4 Å². The quantitative estimate of drug-likeness (QED) is 0.741. The van der Waals surface area contributed by atoms with E-state index in [1.807, 2.05) is 53.4 Å². The van der Waals surface area contributed by atoms with Crippen molar-refractivity contribution in [2.45, 2.75) is 0 Å². The molecule has 142 valence electrons. The van der Waals surface area contributed by atoms with Crippen LogP contribution in [-0.4, -0.2) is 62.6 Å². The molecule has 0 atom stereocenters. The summed E-state index contributed by atoms with van der Waals surface area (Å²) in [7, 11) is 0. The van der Waals surface area contributed by atoms with Crippen molar-refractivity contribution in [1.82, 2.24) is 24.6 Å². The number of rotatable bonds is 3. The van der Waals surface area contributed by atoms with Gasteiger partial charge in [0.2, 0.25) is 0 Å². The molecule has 1 aromatic carbocycles. The highest BCUT2D eigenvalue weighted by Crippen LogP contribution is 2.14. The lowest BCUT2D eigenvalue weighted by Gasteiger charge is -2.34. The zero-order valence-corrected chi connectivity index (χ0v) is 15.1. The fourth-order valence-electron chi connectivity index (χ4n) is 3.20. The molecule has 0 bridgehead atoms. The Bertz CT molecular complexity index is 1010. The lowest BCUT2D eigenvalue weighted by molar-refractivity contribution is 0.0531. The van der Waals surface area contributed by atoms with E-state index in [2.05, 4.69) is 10.2 Å². The Labute approximate surface area is 161 Å². The van der Waals surface area contributed by atoms with Gasteiger partial charge >= 0.3 is 0 Å². The molecular formula is C20H19N5O3. The van der Waals surface area contributed by atoms with Crippen LogP contribution in [0.4, 0.5) is 0 Å². The van der Waals surface area contributed by atoms with E-state index >= 15 is 0 Å². The van der Waals surface area contributed by atoms with Crippen LogP contribution in [0.3, 0.4) is 0 Å². The second-order valence-corrected chi connectivity index (χ2v) is 6.53. The Kier molecular flexibility index (Phi) is 4.76. The average molecular weight is 377 g/mol. The highest BCUT2D eigenvalue weighted by Gasteiger charge is 2.26. The Hall–Kier alpha value is -3.68. The Morgan fingerprint density at radius 1 is 0.821 bits per heavy atom. The van der Waals surface area contributed by atoms with Crippen molar-refractivity contribution in [2.24, 2.45) is 0 Å². The molecule has 1 fully saturated rings. The smallest absolute Gasteiger partial charge is 0.274 e. The number of carbonyl (C=O) groups excluding carboxylic acids is 2. The summed E-state index contributed by atoms with van der Waals surface area (Å²) in [6.45, 7) is 1.75. The van der Waals surface area contributed by atoms with E-state index in [1.54, 1.807) is 9.80 Å². The first-order valence-electron chi connectivity index (χ1n) is 8.99. The second-order valence-electron chi connectivity index (χ2n) is 6.53. The predicted molar refractivity (Wildman–Crippen MR) is 102 cm³/mol. The van der Waals surface area contributed by atoms with E-state index < -0.39 is 0 Å². The number of hydrogen-bond donors (Lipinski definition) is 1. The van der Waals surface area contributed by atoms with Crippen molar-refractivity contribution in [2.75, 3.05) is 26.2 Å². The molecule has 1 N–H and O–H groups in total. The first-order valence-corrected chi connectivity index (χ1v) is 8.99. The van der Waals surface area contributed by atoms with Crippen LogP contribution in [0.25, 0.3) is 5.69 Å². The Morgan fingerprint density at radius 2 is 1.43 bits per heavy atom. The molecule has 1 aliphatic heterocycles. The fourth-order valence-corrected chi connectivity index (χ4v) is 3.20. The maximum Gasteiger partial charge on any atom is 0.274 e. The van der Waals surface area contributed by atoms with Gasteiger partial charge in [0.1, 0.15) is 5.69 Å². The summed E-state index contributed by atoms with van der Waals surface area (Å²) in [5.41, 5.74) is 1.46. The molecule has 0 radical (unpaired) electrons. The molecule has 3 aromatic rings. The molecule has 0 unspecified atom stereocenters. The first-order chi connectivity index (χ1) is 13.6. The maximum atomic E-state index is 12.7. The Balaban J connectivity index is 1.38. The number of aromatic amines is 1. The van der Waals surface area contributed by atoms with Gasteiger partial charge in [0.05, 0.1) is 0 Å². The first kappa shape index (κ1) is 17.7. The topological polar surface area (TPSA) is 91.3 Å².